The van der Waals surface area contributed by atoms with Crippen molar-refractivity contribution in [3.05, 3.63) is 36.4 Å². The Kier molecular flexibility index (Phi) is 12.2. The number of hydrogen-bond donors (Lipinski definition) is 3. The van der Waals surface area contributed by atoms with Gasteiger partial charge in [-0.3, -0.25) is 19.1 Å². The second-order valence-electron chi connectivity index (χ2n) is 16.3. The molecule has 2 aliphatic carbocycles. The number of aromatic nitrogens is 2. The minimum atomic E-state index is -4.92. The third-order valence-corrected chi connectivity index (χ3v) is 13.3. The Hall–Kier alpha value is -4.68. The number of ether oxygens (including phenoxy) is 3. The summed E-state index contributed by atoms with van der Waals surface area (Å²) in [5.41, 5.74) is -4.52. The summed E-state index contributed by atoms with van der Waals surface area (Å²) in [6.07, 6.45) is -0.962. The number of fused-ring (bicyclic) bond motifs is 3. The average Bonchev–Trinajstić information content (AvgIpc) is 4.08. The number of nitrogens with zero attached hydrogens (tertiary/aromatic N) is 3. The highest BCUT2D eigenvalue weighted by Gasteiger charge is 2.62. The fourth-order valence-corrected chi connectivity index (χ4v) is 9.07. The Bertz CT molecular complexity index is 2050. The van der Waals surface area contributed by atoms with Crippen LogP contribution in [0.4, 0.5) is 18.0 Å². The van der Waals surface area contributed by atoms with Crippen molar-refractivity contribution in [2.24, 2.45) is 17.8 Å². The standard InChI is InChI=1S/C39H51F3N6O9S/c1-6-23-18-22(3)12-8-9-13-24-20-38(24,35(51)47-58(53,54)26-16-17-26)44-31(49)29-19-25(56-33-28-15-11-10-14-27(28)32(45-46-33)55-7-2)21-48(29)34(50)30(23)43-36(52)57-37(4,5)39(40,41)42/h9-11,13-15,22-26,29-30H,6-8,12,16-21H2,1-5H3,(H,43,52)(H,44,49)(H,47,51)/b13-9-/t22-,23-,24?,25-,29+,30+,38-/m1/s1. The maximum absolute atomic E-state index is 14.9. The fourth-order valence-electron chi connectivity index (χ4n) is 7.71. The van der Waals surface area contributed by atoms with Gasteiger partial charge >= 0.3 is 12.3 Å². The summed E-state index contributed by atoms with van der Waals surface area (Å²) in [6.45, 7) is 7.03. The predicted molar refractivity (Wildman–Crippen MR) is 204 cm³/mol. The van der Waals surface area contributed by atoms with E-state index in [0.29, 0.717) is 69.8 Å². The van der Waals surface area contributed by atoms with Crippen LogP contribution in [-0.2, 0) is 29.1 Å². The first kappa shape index (κ1) is 42.9. The van der Waals surface area contributed by atoms with Gasteiger partial charge in [0, 0.05) is 12.3 Å². The first-order valence-electron chi connectivity index (χ1n) is 19.8. The Morgan fingerprint density at radius 2 is 1.71 bits per heavy atom. The van der Waals surface area contributed by atoms with Crippen molar-refractivity contribution < 1.29 is 55.0 Å². The highest BCUT2D eigenvalue weighted by Crippen LogP contribution is 2.46. The van der Waals surface area contributed by atoms with E-state index in [9.17, 15) is 40.8 Å². The van der Waals surface area contributed by atoms with Gasteiger partial charge in [-0.25, -0.2) is 13.2 Å². The van der Waals surface area contributed by atoms with Crippen molar-refractivity contribution in [2.75, 3.05) is 13.2 Å². The average molecular weight is 837 g/mol. The van der Waals surface area contributed by atoms with Gasteiger partial charge in [-0.1, -0.05) is 44.6 Å². The summed E-state index contributed by atoms with van der Waals surface area (Å²) in [7, 11) is -3.99. The number of carbonyl (C=O) groups is 4. The Morgan fingerprint density at radius 3 is 2.34 bits per heavy atom. The molecule has 3 heterocycles. The molecule has 58 heavy (non-hydrogen) atoms. The molecule has 1 aromatic carbocycles. The molecule has 318 valence electrons. The highest BCUT2D eigenvalue weighted by atomic mass is 32.2. The lowest BCUT2D eigenvalue weighted by Crippen LogP contribution is -2.59. The molecule has 3 N–H and O–H groups in total. The minimum absolute atomic E-state index is 0.0351. The second kappa shape index (κ2) is 16.5. The summed E-state index contributed by atoms with van der Waals surface area (Å²) >= 11 is 0. The van der Waals surface area contributed by atoms with Gasteiger partial charge in [0.1, 0.15) is 23.7 Å². The molecule has 4 aliphatic rings. The van der Waals surface area contributed by atoms with E-state index in [0.717, 1.165) is 0 Å². The van der Waals surface area contributed by atoms with Gasteiger partial charge in [-0.15, -0.1) is 10.2 Å². The van der Waals surface area contributed by atoms with Crippen LogP contribution >= 0.6 is 0 Å². The van der Waals surface area contributed by atoms with Crippen LogP contribution in [0.5, 0.6) is 11.8 Å². The molecular formula is C39H51F3N6O9S. The van der Waals surface area contributed by atoms with Gasteiger partial charge < -0.3 is 29.7 Å². The van der Waals surface area contributed by atoms with Gasteiger partial charge in [0.2, 0.25) is 39.2 Å². The molecule has 15 nitrogen and oxygen atoms in total. The lowest BCUT2D eigenvalue weighted by atomic mass is 9.85. The predicted octanol–water partition coefficient (Wildman–Crippen LogP) is 4.70. The first-order valence-corrected chi connectivity index (χ1v) is 21.3. The summed E-state index contributed by atoms with van der Waals surface area (Å²) < 4.78 is 86.1. The van der Waals surface area contributed by atoms with Gasteiger partial charge in [0.25, 0.3) is 5.91 Å². The van der Waals surface area contributed by atoms with Gasteiger partial charge in [0.15, 0.2) is 0 Å². The van der Waals surface area contributed by atoms with E-state index in [1.807, 2.05) is 13.0 Å². The van der Waals surface area contributed by atoms with Crippen LogP contribution in [0.2, 0.25) is 0 Å². The number of amides is 4. The Balaban J connectivity index is 1.37. The molecule has 19 heteroatoms. The van der Waals surface area contributed by atoms with Crippen LogP contribution < -0.4 is 24.8 Å². The topological polar surface area (TPSA) is 195 Å². The van der Waals surface area contributed by atoms with Gasteiger partial charge in [-0.2, -0.15) is 13.2 Å². The molecule has 3 fully saturated rings. The highest BCUT2D eigenvalue weighted by molar-refractivity contribution is 7.91. The summed E-state index contributed by atoms with van der Waals surface area (Å²) in [6, 6.07) is 4.30. The van der Waals surface area contributed by atoms with E-state index in [-0.39, 0.29) is 37.1 Å². The zero-order chi connectivity index (χ0) is 42.2. The summed E-state index contributed by atoms with van der Waals surface area (Å²) in [5, 5.41) is 14.0. The van der Waals surface area contributed by atoms with Gasteiger partial charge in [0.05, 0.1) is 29.2 Å². The minimum Gasteiger partial charge on any atom is -0.476 e. The molecule has 2 aliphatic heterocycles. The molecule has 0 bridgehead atoms. The number of sulfonamides is 1. The Morgan fingerprint density at radius 1 is 1.03 bits per heavy atom. The molecule has 4 amide bonds. The zero-order valence-corrected chi connectivity index (χ0v) is 34.0. The number of hydrogen-bond acceptors (Lipinski definition) is 11. The quantitative estimate of drug-likeness (QED) is 0.281. The number of halogens is 3. The molecule has 0 radical (unpaired) electrons. The van der Waals surface area contributed by atoms with Crippen LogP contribution in [0, 0.1) is 17.8 Å². The van der Waals surface area contributed by atoms with Crippen LogP contribution in [0.15, 0.2) is 36.4 Å². The molecule has 2 aromatic rings. The van der Waals surface area contributed by atoms with E-state index >= 15 is 0 Å². The monoisotopic (exact) mass is 836 g/mol. The summed E-state index contributed by atoms with van der Waals surface area (Å²) in [4.78, 5) is 57.6. The summed E-state index contributed by atoms with van der Waals surface area (Å²) in [5.74, 6) is -3.26. The molecule has 0 spiro atoms. The maximum atomic E-state index is 14.9. The van der Waals surface area contributed by atoms with Crippen LogP contribution in [0.25, 0.3) is 10.8 Å². The van der Waals surface area contributed by atoms with Crippen molar-refractivity contribution in [2.45, 2.75) is 127 Å². The van der Waals surface area contributed by atoms with Crippen LogP contribution in [0.3, 0.4) is 0 Å². The molecule has 6 rings (SSSR count). The number of alkyl carbamates (subject to hydrolysis) is 1. The fraction of sp³-hybridized carbons (Fsp3) is 0.641. The van der Waals surface area contributed by atoms with E-state index in [2.05, 4.69) is 25.6 Å². The number of rotatable bonds is 10. The zero-order valence-electron chi connectivity index (χ0n) is 33.1. The number of nitrogens with one attached hydrogen (secondary N) is 3. The molecule has 2 saturated carbocycles. The van der Waals surface area contributed by atoms with Crippen molar-refractivity contribution in [1.82, 2.24) is 30.5 Å². The van der Waals surface area contributed by atoms with Crippen LogP contribution in [0.1, 0.15) is 86.0 Å². The smallest absolute Gasteiger partial charge is 0.427 e. The largest absolute Gasteiger partial charge is 0.476 e. The number of carbonyl (C=O) groups excluding carboxylic acids is 4. The van der Waals surface area contributed by atoms with Crippen molar-refractivity contribution >= 4 is 44.6 Å². The molecule has 1 unspecified atom stereocenters. The van der Waals surface area contributed by atoms with Gasteiger partial charge in [-0.05, 0) is 83.3 Å². The number of benzene rings is 1. The van der Waals surface area contributed by atoms with E-state index in [1.54, 1.807) is 44.2 Å². The van der Waals surface area contributed by atoms with Crippen LogP contribution in [-0.4, -0.2) is 101 Å². The molecular weight excluding hydrogens is 786 g/mol. The SMILES string of the molecule is CCOc1nnc(O[C@@H]2C[C@H]3C(=O)N[C@]4(C(=O)NS(=O)(=O)C5CC5)CC4/C=C\CC[C@@H](C)C[C@@H](CC)[C@H](NC(=O)OC(C)(C)C(F)(F)F)C(=O)N3C2)c2ccccc12. The molecule has 1 aromatic heterocycles. The third-order valence-electron chi connectivity index (χ3n) is 11.5. The second-order valence-corrected chi connectivity index (χ2v) is 18.2. The van der Waals surface area contributed by atoms with E-state index in [1.165, 1.54) is 4.90 Å². The Labute approximate surface area is 335 Å². The lowest BCUT2D eigenvalue weighted by Gasteiger charge is -2.35. The number of alkyl halides is 3. The molecule has 1 saturated heterocycles. The normalized spacial score (nSPS) is 28.9. The third kappa shape index (κ3) is 9.13. The van der Waals surface area contributed by atoms with E-state index < -0.39 is 86.4 Å². The lowest BCUT2D eigenvalue weighted by molar-refractivity contribution is -0.244. The maximum Gasteiger partial charge on any atom is 0.427 e. The van der Waals surface area contributed by atoms with Crippen molar-refractivity contribution in [1.29, 1.82) is 0 Å². The van der Waals surface area contributed by atoms with Crippen molar-refractivity contribution in [3.63, 3.8) is 0 Å². The van der Waals surface area contributed by atoms with E-state index in [4.69, 9.17) is 14.2 Å². The first-order chi connectivity index (χ1) is 27.3. The molecule has 7 atom stereocenters. The van der Waals surface area contributed by atoms with Crippen molar-refractivity contribution in [3.8, 4) is 11.8 Å². The number of allylic oxidation sites excluding steroid dienone is 1.